The number of nitrogens with zero attached hydrogens (tertiary/aromatic N) is 2. The lowest BCUT2D eigenvalue weighted by Gasteiger charge is -2.15. The average Bonchev–Trinajstić information content (AvgIpc) is 3.05. The summed E-state index contributed by atoms with van der Waals surface area (Å²) in [4.78, 5) is 19.7. The van der Waals surface area contributed by atoms with Crippen LogP contribution < -0.4 is 5.56 Å². The number of nitrogens with one attached hydrogen (secondary N) is 1. The molecule has 3 unspecified atom stereocenters. The molecule has 3 heterocycles. The Balaban J connectivity index is 2.16. The van der Waals surface area contributed by atoms with E-state index in [1.807, 2.05) is 17.7 Å². The van der Waals surface area contributed by atoms with Crippen LogP contribution in [0.3, 0.4) is 0 Å². The van der Waals surface area contributed by atoms with E-state index in [9.17, 15) is 4.79 Å². The molecule has 0 radical (unpaired) electrons. The summed E-state index contributed by atoms with van der Waals surface area (Å²) < 4.78 is 8.17. The van der Waals surface area contributed by atoms with Crippen LogP contribution in [0.4, 0.5) is 0 Å². The molecule has 5 nitrogen and oxygen atoms in total. The largest absolute Gasteiger partial charge is 0.354 e. The lowest BCUT2D eigenvalue weighted by atomic mass is 10.0. The van der Waals surface area contributed by atoms with Gasteiger partial charge in [-0.25, -0.2) is 4.98 Å². The molecule has 0 spiro atoms. The van der Waals surface area contributed by atoms with Gasteiger partial charge in [0.05, 0.1) is 17.1 Å². The monoisotopic (exact) mass is 313 g/mol. The van der Waals surface area contributed by atoms with Crippen LogP contribution in [0.25, 0.3) is 11.0 Å². The normalized spacial score (nSPS) is 23.9. The van der Waals surface area contributed by atoms with Gasteiger partial charge in [0.1, 0.15) is 12.1 Å². The van der Waals surface area contributed by atoms with Crippen LogP contribution in [0.5, 0.6) is 0 Å². The number of aromatic nitrogens is 3. The van der Waals surface area contributed by atoms with Crippen molar-refractivity contribution >= 4 is 11.0 Å². The smallest absolute Gasteiger partial charge is 0.261 e. The molecular formula is C18H23N3O2. The fourth-order valence-corrected chi connectivity index (χ4v) is 3.30. The maximum Gasteiger partial charge on any atom is 0.261 e. The van der Waals surface area contributed by atoms with Crippen LogP contribution >= 0.6 is 0 Å². The summed E-state index contributed by atoms with van der Waals surface area (Å²) in [6.45, 7) is 8.14. The molecule has 1 fully saturated rings. The Labute approximate surface area is 136 Å². The van der Waals surface area contributed by atoms with E-state index >= 15 is 0 Å². The third-order valence-electron chi connectivity index (χ3n) is 4.45. The Morgan fingerprint density at radius 3 is 2.91 bits per heavy atom. The lowest BCUT2D eigenvalue weighted by Crippen LogP contribution is -2.14. The van der Waals surface area contributed by atoms with Crippen LogP contribution in [0.1, 0.15) is 57.6 Å². The quantitative estimate of drug-likeness (QED) is 0.867. The molecule has 2 aromatic rings. The Kier molecular flexibility index (Phi) is 4.27. The van der Waals surface area contributed by atoms with E-state index in [4.69, 9.17) is 4.74 Å². The van der Waals surface area contributed by atoms with Gasteiger partial charge in [-0.3, -0.25) is 4.79 Å². The number of ether oxygens (including phenoxy) is 1. The zero-order valence-electron chi connectivity index (χ0n) is 14.1. The Morgan fingerprint density at radius 2 is 2.26 bits per heavy atom. The van der Waals surface area contributed by atoms with Crippen LogP contribution in [-0.2, 0) is 4.74 Å². The van der Waals surface area contributed by atoms with Crippen molar-refractivity contribution in [3.05, 3.63) is 27.9 Å². The van der Waals surface area contributed by atoms with Crippen molar-refractivity contribution in [2.24, 2.45) is 5.92 Å². The number of aromatic amines is 1. The van der Waals surface area contributed by atoms with E-state index < -0.39 is 0 Å². The molecule has 1 saturated heterocycles. The average molecular weight is 313 g/mol. The fourth-order valence-electron chi connectivity index (χ4n) is 3.30. The van der Waals surface area contributed by atoms with Gasteiger partial charge in [0.25, 0.3) is 5.56 Å². The molecule has 3 atom stereocenters. The molecule has 1 aliphatic heterocycles. The van der Waals surface area contributed by atoms with Gasteiger partial charge < -0.3 is 14.3 Å². The minimum atomic E-state index is -0.135. The Hall–Kier alpha value is -2.06. The van der Waals surface area contributed by atoms with Crippen molar-refractivity contribution in [3.63, 3.8) is 0 Å². The molecule has 2 aromatic heterocycles. The molecular weight excluding hydrogens is 290 g/mol. The summed E-state index contributed by atoms with van der Waals surface area (Å²) in [5.74, 6) is 7.24. The van der Waals surface area contributed by atoms with Gasteiger partial charge in [-0.15, -0.1) is 0 Å². The summed E-state index contributed by atoms with van der Waals surface area (Å²) >= 11 is 0. The van der Waals surface area contributed by atoms with E-state index in [2.05, 4.69) is 35.7 Å². The minimum absolute atomic E-state index is 0.0803. The highest BCUT2D eigenvalue weighted by atomic mass is 16.5. The summed E-state index contributed by atoms with van der Waals surface area (Å²) in [5.41, 5.74) is 1.26. The lowest BCUT2D eigenvalue weighted by molar-refractivity contribution is -0.00278. The van der Waals surface area contributed by atoms with E-state index in [-0.39, 0.29) is 17.9 Å². The predicted octanol–water partition coefficient (Wildman–Crippen LogP) is 3.13. The molecule has 1 N–H and O–H groups in total. The summed E-state index contributed by atoms with van der Waals surface area (Å²) in [5, 5.41) is 0.563. The van der Waals surface area contributed by atoms with Gasteiger partial charge in [-0.05, 0) is 25.7 Å². The van der Waals surface area contributed by atoms with Gasteiger partial charge in [-0.2, -0.15) is 0 Å². The third-order valence-corrected chi connectivity index (χ3v) is 4.45. The van der Waals surface area contributed by atoms with Crippen LogP contribution in [0.2, 0.25) is 0 Å². The van der Waals surface area contributed by atoms with Gasteiger partial charge in [0, 0.05) is 12.6 Å². The van der Waals surface area contributed by atoms with Crippen molar-refractivity contribution < 1.29 is 4.74 Å². The summed E-state index contributed by atoms with van der Waals surface area (Å²) in [6.07, 6.45) is 4.76. The zero-order valence-corrected chi connectivity index (χ0v) is 14.1. The van der Waals surface area contributed by atoms with Crippen molar-refractivity contribution in [3.8, 4) is 11.8 Å². The number of fused-ring (bicyclic) bond motifs is 1. The fraction of sp³-hybridized carbons (Fsp3) is 0.556. The van der Waals surface area contributed by atoms with Crippen LogP contribution in [0, 0.1) is 24.7 Å². The standard InChI is InChI=1S/C18H23N3O2/c1-5-7-8-13-10-21(15-9-11(3)14(6-2)23-15)17-16(13)18(22)20-12(4)19-17/h10-11,14-15H,5-6,9H2,1-4H3,(H,19,20,22). The van der Waals surface area contributed by atoms with Gasteiger partial charge in [-0.1, -0.05) is 32.6 Å². The van der Waals surface area contributed by atoms with Crippen molar-refractivity contribution in [2.75, 3.05) is 0 Å². The topological polar surface area (TPSA) is 59.9 Å². The van der Waals surface area contributed by atoms with E-state index in [1.54, 1.807) is 6.92 Å². The summed E-state index contributed by atoms with van der Waals surface area (Å²) in [7, 11) is 0. The second-order valence-corrected chi connectivity index (χ2v) is 6.21. The van der Waals surface area contributed by atoms with Gasteiger partial charge >= 0.3 is 0 Å². The molecule has 122 valence electrons. The first kappa shape index (κ1) is 15.8. The molecule has 0 bridgehead atoms. The second kappa shape index (κ2) is 6.21. The second-order valence-electron chi connectivity index (χ2n) is 6.21. The number of H-pyrrole nitrogens is 1. The number of hydrogen-bond acceptors (Lipinski definition) is 3. The third kappa shape index (κ3) is 2.79. The first-order chi connectivity index (χ1) is 11.0. The first-order valence-electron chi connectivity index (χ1n) is 8.30. The van der Waals surface area contributed by atoms with Gasteiger partial charge in [0.15, 0.2) is 5.65 Å². The molecule has 23 heavy (non-hydrogen) atoms. The van der Waals surface area contributed by atoms with Gasteiger partial charge in [0.2, 0.25) is 0 Å². The molecule has 0 aromatic carbocycles. The molecule has 0 aliphatic carbocycles. The number of hydrogen-bond donors (Lipinski definition) is 1. The van der Waals surface area contributed by atoms with E-state index in [0.717, 1.165) is 24.8 Å². The SMILES string of the molecule is CCC#Cc1cn(C2CC(C)C(CC)O2)c2nc(C)[nH]c(=O)c12. The zero-order chi connectivity index (χ0) is 16.6. The Morgan fingerprint density at radius 1 is 1.48 bits per heavy atom. The highest BCUT2D eigenvalue weighted by Gasteiger charge is 2.33. The first-order valence-corrected chi connectivity index (χ1v) is 8.30. The summed E-state index contributed by atoms with van der Waals surface area (Å²) in [6, 6.07) is 0. The van der Waals surface area contributed by atoms with Crippen molar-refractivity contribution in [1.82, 2.24) is 14.5 Å². The van der Waals surface area contributed by atoms with Crippen molar-refractivity contribution in [2.45, 2.75) is 59.3 Å². The molecule has 5 heteroatoms. The highest BCUT2D eigenvalue weighted by Crippen LogP contribution is 2.36. The number of aryl methyl sites for hydroxylation is 1. The van der Waals surface area contributed by atoms with Crippen molar-refractivity contribution in [1.29, 1.82) is 0 Å². The highest BCUT2D eigenvalue weighted by molar-refractivity contribution is 5.83. The number of rotatable bonds is 2. The maximum absolute atomic E-state index is 12.4. The molecule has 0 amide bonds. The maximum atomic E-state index is 12.4. The molecule has 3 rings (SSSR count). The Bertz CT molecular complexity index is 838. The van der Waals surface area contributed by atoms with Crippen LogP contribution in [-0.4, -0.2) is 20.6 Å². The predicted molar refractivity (Wildman–Crippen MR) is 90.2 cm³/mol. The van der Waals surface area contributed by atoms with E-state index in [1.165, 1.54) is 0 Å². The van der Waals surface area contributed by atoms with E-state index in [0.29, 0.717) is 22.8 Å². The minimum Gasteiger partial charge on any atom is -0.354 e. The molecule has 0 saturated carbocycles. The van der Waals surface area contributed by atoms with Crippen LogP contribution in [0.15, 0.2) is 11.0 Å². The molecule has 1 aliphatic rings.